The van der Waals surface area contributed by atoms with Gasteiger partial charge in [0.25, 0.3) is 0 Å². The van der Waals surface area contributed by atoms with Crippen LogP contribution in [-0.4, -0.2) is 4.98 Å². The van der Waals surface area contributed by atoms with Crippen LogP contribution in [0.5, 0.6) is 0 Å². The molecule has 1 nitrogen and oxygen atoms in total. The molecule has 0 radical (unpaired) electrons. The highest BCUT2D eigenvalue weighted by Crippen LogP contribution is 2.13. The molecule has 0 unspecified atom stereocenters. The second-order valence-corrected chi connectivity index (χ2v) is 4.34. The van der Waals surface area contributed by atoms with Crippen molar-refractivity contribution in [1.29, 1.82) is 0 Å². The van der Waals surface area contributed by atoms with E-state index in [0.717, 1.165) is 24.1 Å². The summed E-state index contributed by atoms with van der Waals surface area (Å²) in [7, 11) is 0. The van der Waals surface area contributed by atoms with Gasteiger partial charge in [0.1, 0.15) is 5.82 Å². The molecule has 2 aromatic rings. The van der Waals surface area contributed by atoms with Crippen LogP contribution in [0.4, 0.5) is 4.39 Å². The average Bonchev–Trinajstić information content (AvgIpc) is 2.30. The highest BCUT2D eigenvalue weighted by atomic mass is 19.1. The summed E-state index contributed by atoms with van der Waals surface area (Å²) in [6, 6.07) is 9.88. The van der Waals surface area contributed by atoms with E-state index in [1.54, 1.807) is 6.07 Å². The summed E-state index contributed by atoms with van der Waals surface area (Å²) in [6.45, 7) is 4.02. The van der Waals surface area contributed by atoms with Crippen molar-refractivity contribution in [3.05, 3.63) is 64.7 Å². The average molecular weight is 229 g/mol. The number of benzene rings is 1. The molecule has 17 heavy (non-hydrogen) atoms. The van der Waals surface area contributed by atoms with Crippen LogP contribution in [0.3, 0.4) is 0 Å². The molecule has 0 amide bonds. The molecule has 0 fully saturated rings. The molecule has 0 spiro atoms. The molecular weight excluding hydrogens is 213 g/mol. The Morgan fingerprint density at radius 2 is 1.82 bits per heavy atom. The van der Waals surface area contributed by atoms with Gasteiger partial charge in [0, 0.05) is 5.69 Å². The molecule has 0 saturated carbocycles. The number of aromatic nitrogens is 1. The molecule has 1 aromatic heterocycles. The first-order valence-electron chi connectivity index (χ1n) is 5.82. The lowest BCUT2D eigenvalue weighted by Crippen LogP contribution is -1.99. The van der Waals surface area contributed by atoms with Gasteiger partial charge in [0.05, 0.1) is 6.20 Å². The zero-order valence-corrected chi connectivity index (χ0v) is 10.2. The van der Waals surface area contributed by atoms with Crippen LogP contribution in [0.1, 0.15) is 22.4 Å². The molecule has 88 valence electrons. The highest BCUT2D eigenvalue weighted by molar-refractivity contribution is 5.27. The number of hydrogen-bond donors (Lipinski definition) is 0. The number of aryl methyl sites for hydroxylation is 4. The predicted octanol–water partition coefficient (Wildman–Crippen LogP) is 3.62. The summed E-state index contributed by atoms with van der Waals surface area (Å²) in [5.41, 5.74) is 4.54. The van der Waals surface area contributed by atoms with E-state index in [1.807, 2.05) is 19.1 Å². The lowest BCUT2D eigenvalue weighted by molar-refractivity contribution is 0.617. The largest absolute Gasteiger partial charge is 0.258 e. The van der Waals surface area contributed by atoms with Crippen LogP contribution < -0.4 is 0 Å². The molecule has 0 aliphatic carbocycles. The van der Waals surface area contributed by atoms with Gasteiger partial charge in [-0.1, -0.05) is 24.3 Å². The summed E-state index contributed by atoms with van der Waals surface area (Å²) in [5.74, 6) is -0.262. The molecule has 1 heterocycles. The Hall–Kier alpha value is -1.70. The molecule has 0 saturated heterocycles. The molecule has 0 atom stereocenters. The van der Waals surface area contributed by atoms with Gasteiger partial charge in [-0.2, -0.15) is 0 Å². The van der Waals surface area contributed by atoms with Gasteiger partial charge in [-0.15, -0.1) is 0 Å². The quantitative estimate of drug-likeness (QED) is 0.783. The van der Waals surface area contributed by atoms with Crippen LogP contribution in [0, 0.1) is 19.7 Å². The van der Waals surface area contributed by atoms with Crippen molar-refractivity contribution in [3.63, 3.8) is 0 Å². The maximum Gasteiger partial charge on any atom is 0.141 e. The van der Waals surface area contributed by atoms with E-state index in [2.05, 4.69) is 24.0 Å². The first-order chi connectivity index (χ1) is 8.16. The highest BCUT2D eigenvalue weighted by Gasteiger charge is 2.03. The number of pyridine rings is 1. The SMILES string of the molecule is Cc1ccccc1CCc1ncc(F)cc1C. The van der Waals surface area contributed by atoms with Crippen LogP contribution in [0.25, 0.3) is 0 Å². The zero-order chi connectivity index (χ0) is 12.3. The second-order valence-electron chi connectivity index (χ2n) is 4.34. The van der Waals surface area contributed by atoms with E-state index in [0.29, 0.717) is 0 Å². The fourth-order valence-corrected chi connectivity index (χ4v) is 1.97. The summed E-state index contributed by atoms with van der Waals surface area (Å²) in [6.07, 6.45) is 3.10. The van der Waals surface area contributed by atoms with Crippen LogP contribution in [-0.2, 0) is 12.8 Å². The summed E-state index contributed by atoms with van der Waals surface area (Å²) in [4.78, 5) is 4.15. The normalized spacial score (nSPS) is 10.5. The molecule has 0 N–H and O–H groups in total. The Morgan fingerprint density at radius 1 is 1.06 bits per heavy atom. The minimum atomic E-state index is -0.262. The topological polar surface area (TPSA) is 12.9 Å². The Kier molecular flexibility index (Phi) is 3.52. The molecule has 0 bridgehead atoms. The van der Waals surface area contributed by atoms with Gasteiger partial charge in [-0.05, 0) is 49.4 Å². The van der Waals surface area contributed by atoms with Gasteiger partial charge in [0.2, 0.25) is 0 Å². The monoisotopic (exact) mass is 229 g/mol. The maximum absolute atomic E-state index is 12.9. The number of rotatable bonds is 3. The van der Waals surface area contributed by atoms with Crippen LogP contribution >= 0.6 is 0 Å². The molecule has 1 aromatic carbocycles. The van der Waals surface area contributed by atoms with Crippen molar-refractivity contribution in [2.75, 3.05) is 0 Å². The zero-order valence-electron chi connectivity index (χ0n) is 10.2. The van der Waals surface area contributed by atoms with E-state index >= 15 is 0 Å². The molecule has 2 rings (SSSR count). The predicted molar refractivity (Wildman–Crippen MR) is 67.5 cm³/mol. The standard InChI is InChI=1S/C15H16FN/c1-11-5-3-4-6-13(11)7-8-15-12(2)9-14(16)10-17-15/h3-6,9-10H,7-8H2,1-2H3. The number of nitrogens with zero attached hydrogens (tertiary/aromatic N) is 1. The van der Waals surface area contributed by atoms with Gasteiger partial charge in [-0.25, -0.2) is 4.39 Å². The van der Waals surface area contributed by atoms with Gasteiger partial charge >= 0.3 is 0 Å². The lowest BCUT2D eigenvalue weighted by Gasteiger charge is -2.07. The third kappa shape index (κ3) is 2.90. The number of halogens is 1. The van der Waals surface area contributed by atoms with E-state index in [4.69, 9.17) is 0 Å². The Morgan fingerprint density at radius 3 is 2.53 bits per heavy atom. The lowest BCUT2D eigenvalue weighted by atomic mass is 10.0. The fourth-order valence-electron chi connectivity index (χ4n) is 1.97. The van der Waals surface area contributed by atoms with Crippen molar-refractivity contribution >= 4 is 0 Å². The Labute approximate surface area is 101 Å². The van der Waals surface area contributed by atoms with Crippen LogP contribution in [0.15, 0.2) is 36.5 Å². The minimum Gasteiger partial charge on any atom is -0.258 e. The fraction of sp³-hybridized carbons (Fsp3) is 0.267. The first kappa shape index (κ1) is 11.8. The van der Waals surface area contributed by atoms with Crippen LogP contribution in [0.2, 0.25) is 0 Å². The maximum atomic E-state index is 12.9. The summed E-state index contributed by atoms with van der Waals surface area (Å²) >= 11 is 0. The third-order valence-corrected chi connectivity index (χ3v) is 3.05. The molecule has 0 aliphatic heterocycles. The van der Waals surface area contributed by atoms with E-state index < -0.39 is 0 Å². The molecule has 0 aliphatic rings. The summed E-state index contributed by atoms with van der Waals surface area (Å²) < 4.78 is 12.9. The van der Waals surface area contributed by atoms with Crippen molar-refractivity contribution < 1.29 is 4.39 Å². The van der Waals surface area contributed by atoms with Gasteiger partial charge in [0.15, 0.2) is 0 Å². The smallest absolute Gasteiger partial charge is 0.141 e. The minimum absolute atomic E-state index is 0.262. The third-order valence-electron chi connectivity index (χ3n) is 3.05. The van der Waals surface area contributed by atoms with Crippen molar-refractivity contribution in [1.82, 2.24) is 4.98 Å². The summed E-state index contributed by atoms with van der Waals surface area (Å²) in [5, 5.41) is 0. The molecular formula is C15H16FN. The second kappa shape index (κ2) is 5.09. The van der Waals surface area contributed by atoms with E-state index in [-0.39, 0.29) is 5.82 Å². The van der Waals surface area contributed by atoms with Gasteiger partial charge in [-0.3, -0.25) is 4.98 Å². The molecule has 2 heteroatoms. The first-order valence-corrected chi connectivity index (χ1v) is 5.82. The van der Waals surface area contributed by atoms with Crippen molar-refractivity contribution in [3.8, 4) is 0 Å². The van der Waals surface area contributed by atoms with Gasteiger partial charge < -0.3 is 0 Å². The number of hydrogen-bond acceptors (Lipinski definition) is 1. The van der Waals surface area contributed by atoms with Crippen molar-refractivity contribution in [2.24, 2.45) is 0 Å². The van der Waals surface area contributed by atoms with Crippen molar-refractivity contribution in [2.45, 2.75) is 26.7 Å². The Bertz CT molecular complexity index is 520. The van der Waals surface area contributed by atoms with E-state index in [1.165, 1.54) is 17.3 Å². The van der Waals surface area contributed by atoms with E-state index in [9.17, 15) is 4.39 Å². The Balaban J connectivity index is 2.10.